The molecule has 2 N–H and O–H groups in total. The first-order valence-corrected chi connectivity index (χ1v) is 5.41. The fourth-order valence-corrected chi connectivity index (χ4v) is 1.22. The minimum Gasteiger partial charge on any atom is -0.370 e. The van der Waals surface area contributed by atoms with Crippen LogP contribution in [0.2, 0.25) is 5.02 Å². The van der Waals surface area contributed by atoms with E-state index in [-0.39, 0.29) is 29.6 Å². The Bertz CT molecular complexity index is 378. The Morgan fingerprint density at radius 3 is 2.21 bits per heavy atom. The van der Waals surface area contributed by atoms with Gasteiger partial charge >= 0.3 is 0 Å². The SMILES string of the molecule is O=S(=O)(O)CNc1ccc(Cl)cc1.[Na]. The molecular weight excluding hydrogens is 237 g/mol. The van der Waals surface area contributed by atoms with Gasteiger partial charge in [-0.05, 0) is 24.3 Å². The molecule has 0 spiro atoms. The zero-order chi connectivity index (χ0) is 9.90. The van der Waals surface area contributed by atoms with Crippen LogP contribution in [-0.2, 0) is 10.1 Å². The average molecular weight is 245 g/mol. The van der Waals surface area contributed by atoms with Crippen LogP contribution in [0.3, 0.4) is 0 Å². The predicted molar refractivity (Wildman–Crippen MR) is 57.2 cm³/mol. The second kappa shape index (κ2) is 5.95. The Labute approximate surface area is 110 Å². The molecule has 0 aliphatic heterocycles. The topological polar surface area (TPSA) is 66.4 Å². The van der Waals surface area contributed by atoms with E-state index in [1.807, 2.05) is 0 Å². The van der Waals surface area contributed by atoms with Crippen LogP contribution in [0.25, 0.3) is 0 Å². The summed E-state index contributed by atoms with van der Waals surface area (Å²) < 4.78 is 29.1. The summed E-state index contributed by atoms with van der Waals surface area (Å²) in [7, 11) is -3.98. The number of anilines is 1. The molecule has 0 bridgehead atoms. The Balaban J connectivity index is 0.00000169. The zero-order valence-electron chi connectivity index (χ0n) is 7.57. The van der Waals surface area contributed by atoms with Crippen LogP contribution in [0, 0.1) is 0 Å². The van der Waals surface area contributed by atoms with Crippen LogP contribution in [0.5, 0.6) is 0 Å². The minimum absolute atomic E-state index is 0. The molecule has 4 nitrogen and oxygen atoms in total. The molecule has 1 aromatic rings. The molecule has 14 heavy (non-hydrogen) atoms. The van der Waals surface area contributed by atoms with E-state index in [1.54, 1.807) is 24.3 Å². The van der Waals surface area contributed by atoms with Crippen molar-refractivity contribution in [1.29, 1.82) is 0 Å². The summed E-state index contributed by atoms with van der Waals surface area (Å²) in [4.78, 5) is 0. The maximum absolute atomic E-state index is 10.3. The van der Waals surface area contributed by atoms with Gasteiger partial charge in [-0.1, -0.05) is 11.6 Å². The second-order valence-corrected chi connectivity index (χ2v) is 4.30. The van der Waals surface area contributed by atoms with Crippen molar-refractivity contribution in [3.63, 3.8) is 0 Å². The summed E-state index contributed by atoms with van der Waals surface area (Å²) >= 11 is 5.61. The molecule has 73 valence electrons. The smallest absolute Gasteiger partial charge is 0.283 e. The summed E-state index contributed by atoms with van der Waals surface area (Å²) in [5.41, 5.74) is 0.585. The second-order valence-electron chi connectivity index (χ2n) is 2.41. The van der Waals surface area contributed by atoms with Crippen molar-refractivity contribution >= 4 is 57.0 Å². The van der Waals surface area contributed by atoms with Crippen molar-refractivity contribution in [2.24, 2.45) is 0 Å². The summed E-state index contributed by atoms with van der Waals surface area (Å²) in [6, 6.07) is 6.47. The van der Waals surface area contributed by atoms with Gasteiger partial charge in [0, 0.05) is 40.3 Å². The van der Waals surface area contributed by atoms with Crippen molar-refractivity contribution in [3.05, 3.63) is 29.3 Å². The Morgan fingerprint density at radius 2 is 1.79 bits per heavy atom. The van der Waals surface area contributed by atoms with E-state index in [2.05, 4.69) is 5.32 Å². The van der Waals surface area contributed by atoms with E-state index in [0.29, 0.717) is 10.7 Å². The van der Waals surface area contributed by atoms with Crippen molar-refractivity contribution in [1.82, 2.24) is 0 Å². The van der Waals surface area contributed by atoms with Crippen molar-refractivity contribution in [2.45, 2.75) is 0 Å². The van der Waals surface area contributed by atoms with Gasteiger partial charge in [-0.2, -0.15) is 8.42 Å². The molecule has 1 aromatic carbocycles. The number of nitrogens with one attached hydrogen (secondary N) is 1. The maximum atomic E-state index is 10.3. The molecule has 0 saturated carbocycles. The van der Waals surface area contributed by atoms with Crippen LogP contribution in [0.4, 0.5) is 5.69 Å². The molecule has 0 atom stereocenters. The average Bonchev–Trinajstić information content (AvgIpc) is 2.02. The molecule has 0 aromatic heterocycles. The molecular formula is C7H8ClNNaO3S. The largest absolute Gasteiger partial charge is 0.370 e. The van der Waals surface area contributed by atoms with Gasteiger partial charge < -0.3 is 5.32 Å². The first-order valence-electron chi connectivity index (χ1n) is 3.42. The molecule has 1 radical (unpaired) electrons. The fourth-order valence-electron chi connectivity index (χ4n) is 0.742. The maximum Gasteiger partial charge on any atom is 0.283 e. The van der Waals surface area contributed by atoms with E-state index in [4.69, 9.17) is 16.2 Å². The van der Waals surface area contributed by atoms with Gasteiger partial charge in [-0.15, -0.1) is 0 Å². The minimum atomic E-state index is -3.98. The molecule has 0 heterocycles. The first kappa shape index (κ1) is 14.2. The first-order chi connectivity index (χ1) is 5.97. The van der Waals surface area contributed by atoms with Gasteiger partial charge in [-0.3, -0.25) is 4.55 Å². The molecule has 0 aliphatic carbocycles. The summed E-state index contributed by atoms with van der Waals surface area (Å²) in [6.45, 7) is 0. The summed E-state index contributed by atoms with van der Waals surface area (Å²) in [6.07, 6.45) is 0. The molecule has 0 saturated heterocycles. The van der Waals surface area contributed by atoms with Crippen molar-refractivity contribution < 1.29 is 13.0 Å². The quantitative estimate of drug-likeness (QED) is 0.620. The predicted octanol–water partition coefficient (Wildman–Crippen LogP) is 1.22. The van der Waals surface area contributed by atoms with E-state index in [0.717, 1.165) is 0 Å². The van der Waals surface area contributed by atoms with Crippen LogP contribution in [-0.4, -0.2) is 48.4 Å². The van der Waals surface area contributed by atoms with Crippen molar-refractivity contribution in [2.75, 3.05) is 11.2 Å². The summed E-state index contributed by atoms with van der Waals surface area (Å²) in [5.74, 6) is -0.505. The molecule has 0 amide bonds. The number of halogens is 1. The third-order valence-electron chi connectivity index (χ3n) is 1.30. The van der Waals surface area contributed by atoms with Gasteiger partial charge in [0.1, 0.15) is 5.88 Å². The Morgan fingerprint density at radius 1 is 1.29 bits per heavy atom. The molecule has 0 unspecified atom stereocenters. The normalized spacial score (nSPS) is 10.4. The monoisotopic (exact) mass is 244 g/mol. The Hall–Kier alpha value is 0.220. The van der Waals surface area contributed by atoms with Crippen LogP contribution >= 0.6 is 11.6 Å². The molecule has 1 rings (SSSR count). The van der Waals surface area contributed by atoms with Gasteiger partial charge in [0.05, 0.1) is 0 Å². The zero-order valence-corrected chi connectivity index (χ0v) is 11.1. The number of benzene rings is 1. The van der Waals surface area contributed by atoms with E-state index >= 15 is 0 Å². The van der Waals surface area contributed by atoms with Gasteiger partial charge in [-0.25, -0.2) is 0 Å². The molecule has 0 aliphatic rings. The van der Waals surface area contributed by atoms with E-state index < -0.39 is 16.0 Å². The molecule has 0 fully saturated rings. The van der Waals surface area contributed by atoms with E-state index in [9.17, 15) is 8.42 Å². The van der Waals surface area contributed by atoms with Gasteiger partial charge in [0.2, 0.25) is 0 Å². The van der Waals surface area contributed by atoms with Gasteiger partial charge in [0.25, 0.3) is 10.1 Å². The van der Waals surface area contributed by atoms with Crippen LogP contribution < -0.4 is 5.32 Å². The third kappa shape index (κ3) is 5.85. The third-order valence-corrected chi connectivity index (χ3v) is 2.06. The standard InChI is InChI=1S/C7H8ClNO3S.Na/c8-6-1-3-7(4-2-6)9-5-13(10,11)12;/h1-4,9H,5H2,(H,10,11,12);. The van der Waals surface area contributed by atoms with Gasteiger partial charge in [0.15, 0.2) is 0 Å². The number of hydrogen-bond acceptors (Lipinski definition) is 3. The van der Waals surface area contributed by atoms with E-state index in [1.165, 1.54) is 0 Å². The van der Waals surface area contributed by atoms with Crippen LogP contribution in [0.15, 0.2) is 24.3 Å². The number of rotatable bonds is 3. The molecule has 7 heteroatoms. The van der Waals surface area contributed by atoms with Crippen LogP contribution in [0.1, 0.15) is 0 Å². The van der Waals surface area contributed by atoms with Crippen molar-refractivity contribution in [3.8, 4) is 0 Å². The Kier molecular flexibility index (Phi) is 6.04. The fraction of sp³-hybridized carbons (Fsp3) is 0.143. The summed E-state index contributed by atoms with van der Waals surface area (Å²) in [5, 5.41) is 3.08. The number of hydrogen-bond donors (Lipinski definition) is 2.